The quantitative estimate of drug-likeness (QED) is 0.411. The van der Waals surface area contributed by atoms with Crippen LogP contribution in [0.5, 0.6) is 5.75 Å². The fourth-order valence-corrected chi connectivity index (χ4v) is 2.44. The van der Waals surface area contributed by atoms with E-state index < -0.39 is 22.1 Å². The summed E-state index contributed by atoms with van der Waals surface area (Å²) in [4.78, 5) is 22.2. The number of fused-ring (bicyclic) bond motifs is 1. The molecule has 7 nitrogen and oxygen atoms in total. The summed E-state index contributed by atoms with van der Waals surface area (Å²) in [5.41, 5.74) is -1.72. The molecule has 0 N–H and O–H groups in total. The Labute approximate surface area is 139 Å². The molecule has 0 saturated heterocycles. The molecule has 0 saturated carbocycles. The van der Waals surface area contributed by atoms with Crippen LogP contribution in [0, 0.1) is 27.3 Å². The number of benzene rings is 2. The number of hydrogen-bond acceptors (Lipinski definition) is 6. The minimum Gasteiger partial charge on any atom is -0.497 e. The van der Waals surface area contributed by atoms with E-state index in [-0.39, 0.29) is 27.7 Å². The Kier molecular flexibility index (Phi) is 3.91. The van der Waals surface area contributed by atoms with E-state index >= 15 is 0 Å². The highest BCUT2D eigenvalue weighted by Crippen LogP contribution is 2.34. The first-order chi connectivity index (χ1) is 11.9. The van der Waals surface area contributed by atoms with Gasteiger partial charge in [0.15, 0.2) is 0 Å². The summed E-state index contributed by atoms with van der Waals surface area (Å²) in [6.45, 7) is 0. The Morgan fingerprint density at radius 3 is 2.64 bits per heavy atom. The topological polar surface area (TPSA) is 106 Å². The van der Waals surface area contributed by atoms with Crippen LogP contribution in [0.15, 0.2) is 45.6 Å². The lowest BCUT2D eigenvalue weighted by Crippen LogP contribution is -2.04. The third-order valence-corrected chi connectivity index (χ3v) is 3.62. The number of hydrogen-bond donors (Lipinski definition) is 0. The number of ether oxygens (including phenoxy) is 1. The van der Waals surface area contributed by atoms with Crippen LogP contribution >= 0.6 is 0 Å². The highest BCUT2D eigenvalue weighted by atomic mass is 19.1. The zero-order valence-electron chi connectivity index (χ0n) is 12.8. The second kappa shape index (κ2) is 6.05. The van der Waals surface area contributed by atoms with Gasteiger partial charge < -0.3 is 9.15 Å². The Bertz CT molecular complexity index is 1110. The summed E-state index contributed by atoms with van der Waals surface area (Å²) < 4.78 is 24.1. The summed E-state index contributed by atoms with van der Waals surface area (Å²) in [7, 11) is 1.39. The van der Waals surface area contributed by atoms with Crippen LogP contribution in [0.25, 0.3) is 22.1 Å². The summed E-state index contributed by atoms with van der Waals surface area (Å²) in [6.07, 6.45) is 0. The molecule has 0 atom stereocenters. The van der Waals surface area contributed by atoms with Gasteiger partial charge in [-0.25, -0.2) is 9.18 Å². The van der Waals surface area contributed by atoms with E-state index in [9.17, 15) is 19.3 Å². The van der Waals surface area contributed by atoms with Crippen molar-refractivity contribution in [3.05, 3.63) is 68.3 Å². The van der Waals surface area contributed by atoms with Crippen LogP contribution < -0.4 is 10.4 Å². The highest BCUT2D eigenvalue weighted by molar-refractivity contribution is 5.91. The maximum Gasteiger partial charge on any atom is 0.354 e. The summed E-state index contributed by atoms with van der Waals surface area (Å²) >= 11 is 0. The zero-order chi connectivity index (χ0) is 18.1. The molecule has 0 amide bonds. The summed E-state index contributed by atoms with van der Waals surface area (Å²) in [5.74, 6) is -0.333. The molecule has 2 aromatic carbocycles. The lowest BCUT2D eigenvalue weighted by atomic mass is 10.0. The van der Waals surface area contributed by atoms with Crippen molar-refractivity contribution >= 4 is 16.7 Å². The Morgan fingerprint density at radius 1 is 1.28 bits per heavy atom. The van der Waals surface area contributed by atoms with Crippen LogP contribution in [0.4, 0.5) is 10.1 Å². The lowest BCUT2D eigenvalue weighted by molar-refractivity contribution is -0.383. The van der Waals surface area contributed by atoms with Crippen molar-refractivity contribution in [2.24, 2.45) is 0 Å². The van der Waals surface area contributed by atoms with Crippen molar-refractivity contribution in [1.29, 1.82) is 5.26 Å². The van der Waals surface area contributed by atoms with E-state index in [1.807, 2.05) is 0 Å². The van der Waals surface area contributed by atoms with Gasteiger partial charge >= 0.3 is 11.3 Å². The first-order valence-electron chi connectivity index (χ1n) is 6.95. The van der Waals surface area contributed by atoms with Crippen LogP contribution in [0.2, 0.25) is 0 Å². The van der Waals surface area contributed by atoms with E-state index in [1.165, 1.54) is 31.4 Å². The Hall–Kier alpha value is -3.73. The zero-order valence-corrected chi connectivity index (χ0v) is 12.8. The summed E-state index contributed by atoms with van der Waals surface area (Å²) in [6, 6.07) is 9.45. The van der Waals surface area contributed by atoms with Gasteiger partial charge in [0, 0.05) is 23.1 Å². The molecule has 0 bridgehead atoms. The Balaban J connectivity index is 2.34. The molecule has 0 spiro atoms. The molecule has 0 aliphatic carbocycles. The average Bonchev–Trinajstić information content (AvgIpc) is 2.60. The van der Waals surface area contributed by atoms with E-state index in [2.05, 4.69) is 0 Å². The van der Waals surface area contributed by atoms with Crippen LogP contribution in [-0.2, 0) is 0 Å². The molecule has 1 aromatic heterocycles. The number of halogens is 1. The Morgan fingerprint density at radius 2 is 2.04 bits per heavy atom. The van der Waals surface area contributed by atoms with Crippen LogP contribution in [-0.4, -0.2) is 12.0 Å². The molecule has 0 radical (unpaired) electrons. The lowest BCUT2D eigenvalue weighted by Gasteiger charge is -2.07. The van der Waals surface area contributed by atoms with Crippen LogP contribution in [0.3, 0.4) is 0 Å². The van der Waals surface area contributed by atoms with Gasteiger partial charge in [-0.15, -0.1) is 0 Å². The molecule has 3 rings (SSSR count). The molecular formula is C17H9FN2O5. The standard InChI is InChI=1S/C17H9FN2O5/c1-24-12-2-3-13(14(18)7-12)9-4-10-5-11(8-19)17(21)25-16(10)15(6-9)20(22)23/h2-7H,1H3. The minimum absolute atomic E-state index is 0.107. The largest absolute Gasteiger partial charge is 0.497 e. The van der Waals surface area contributed by atoms with Gasteiger partial charge in [-0.05, 0) is 29.8 Å². The monoisotopic (exact) mass is 340 g/mol. The first-order valence-corrected chi connectivity index (χ1v) is 6.95. The number of nitriles is 1. The van der Waals surface area contributed by atoms with Gasteiger partial charge in [0.1, 0.15) is 23.2 Å². The fraction of sp³-hybridized carbons (Fsp3) is 0.0588. The molecule has 0 fully saturated rings. The normalized spacial score (nSPS) is 10.4. The molecule has 25 heavy (non-hydrogen) atoms. The van der Waals surface area contributed by atoms with Crippen molar-refractivity contribution in [2.45, 2.75) is 0 Å². The van der Waals surface area contributed by atoms with Gasteiger partial charge in [0.05, 0.1) is 12.0 Å². The predicted octanol–water partition coefficient (Wildman–Crippen LogP) is 3.39. The fourth-order valence-electron chi connectivity index (χ4n) is 2.44. The number of nitro benzene ring substituents is 1. The van der Waals surface area contributed by atoms with Crippen molar-refractivity contribution < 1.29 is 18.5 Å². The van der Waals surface area contributed by atoms with Crippen molar-refractivity contribution in [2.75, 3.05) is 7.11 Å². The highest BCUT2D eigenvalue weighted by Gasteiger charge is 2.20. The van der Waals surface area contributed by atoms with Crippen molar-refractivity contribution in [1.82, 2.24) is 0 Å². The number of nitrogens with zero attached hydrogens (tertiary/aromatic N) is 2. The van der Waals surface area contributed by atoms with Gasteiger partial charge in [0.2, 0.25) is 5.58 Å². The summed E-state index contributed by atoms with van der Waals surface area (Å²) in [5, 5.41) is 20.4. The van der Waals surface area contributed by atoms with E-state index in [0.29, 0.717) is 5.75 Å². The van der Waals surface area contributed by atoms with E-state index in [0.717, 1.165) is 12.1 Å². The molecular weight excluding hydrogens is 331 g/mol. The smallest absolute Gasteiger partial charge is 0.354 e. The molecule has 124 valence electrons. The second-order valence-electron chi connectivity index (χ2n) is 5.08. The predicted molar refractivity (Wildman–Crippen MR) is 85.8 cm³/mol. The third kappa shape index (κ3) is 2.79. The number of nitro groups is 1. The number of methoxy groups -OCH3 is 1. The van der Waals surface area contributed by atoms with E-state index in [1.54, 1.807) is 6.07 Å². The molecule has 0 unspecified atom stereocenters. The van der Waals surface area contributed by atoms with Crippen molar-refractivity contribution in [3.8, 4) is 22.9 Å². The molecule has 3 aromatic rings. The molecule has 0 aliphatic rings. The average molecular weight is 340 g/mol. The van der Waals surface area contributed by atoms with E-state index in [4.69, 9.17) is 14.4 Å². The van der Waals surface area contributed by atoms with Gasteiger partial charge in [-0.1, -0.05) is 0 Å². The maximum atomic E-state index is 14.3. The van der Waals surface area contributed by atoms with Gasteiger partial charge in [0.25, 0.3) is 0 Å². The second-order valence-corrected chi connectivity index (χ2v) is 5.08. The van der Waals surface area contributed by atoms with Crippen molar-refractivity contribution in [3.63, 3.8) is 0 Å². The van der Waals surface area contributed by atoms with Gasteiger partial charge in [-0.2, -0.15) is 5.26 Å². The SMILES string of the molecule is COc1ccc(-c2cc([N+](=O)[O-])c3oc(=O)c(C#N)cc3c2)c(F)c1. The maximum absolute atomic E-state index is 14.3. The first kappa shape index (κ1) is 16.1. The molecule has 0 aliphatic heterocycles. The third-order valence-electron chi connectivity index (χ3n) is 3.62. The molecule has 8 heteroatoms. The number of rotatable bonds is 3. The van der Waals surface area contributed by atoms with Crippen LogP contribution in [0.1, 0.15) is 5.56 Å². The van der Waals surface area contributed by atoms with Gasteiger partial charge in [-0.3, -0.25) is 10.1 Å². The number of non-ortho nitro benzene ring substituents is 1. The minimum atomic E-state index is -0.971. The molecule has 1 heterocycles.